The first-order chi connectivity index (χ1) is 3.41. The molecule has 0 bridgehead atoms. The molecule has 0 unspecified atom stereocenters. The van der Waals surface area contributed by atoms with Crippen LogP contribution in [-0.2, 0) is 0 Å². The number of unbranched alkanes of at least 4 members (excludes halogenated alkanes) is 2. The molecule has 9 heavy (non-hydrogen) atoms. The fourth-order valence-electron chi connectivity index (χ4n) is 0.256. The molecule has 0 rings (SSSR count). The van der Waals surface area contributed by atoms with Crippen molar-refractivity contribution < 1.29 is 17.0 Å². The summed E-state index contributed by atoms with van der Waals surface area (Å²) in [5.74, 6) is 2.20. The van der Waals surface area contributed by atoms with Gasteiger partial charge in [-0.25, -0.2) is 0 Å². The molecule has 0 radical (unpaired) electrons. The standard InChI is InChI=1S/C6H6N.BrH.Mg/c1-2-3-4-5-6-7;;/h3-5H2;1H;/q-1;;+2/p-1. The summed E-state index contributed by atoms with van der Waals surface area (Å²) in [7, 11) is 0. The van der Waals surface area contributed by atoms with Gasteiger partial charge in [-0.15, -0.1) is 0 Å². The van der Waals surface area contributed by atoms with Gasteiger partial charge in [0.25, 0.3) is 0 Å². The van der Waals surface area contributed by atoms with Gasteiger partial charge in [0.1, 0.15) is 0 Å². The minimum absolute atomic E-state index is 0. The summed E-state index contributed by atoms with van der Waals surface area (Å²) in [6, 6.07) is 1.98. The van der Waals surface area contributed by atoms with Crippen molar-refractivity contribution in [2.75, 3.05) is 0 Å². The van der Waals surface area contributed by atoms with Crippen LogP contribution in [0.25, 0.3) is 0 Å². The molecule has 0 saturated carbocycles. The van der Waals surface area contributed by atoms with Crippen molar-refractivity contribution in [2.24, 2.45) is 0 Å². The molecule has 1 nitrogen and oxygen atoms in total. The Labute approximate surface area is 82.7 Å². The summed E-state index contributed by atoms with van der Waals surface area (Å²) in [4.78, 5) is 0. The molecule has 44 valence electrons. The van der Waals surface area contributed by atoms with Crippen LogP contribution in [0.5, 0.6) is 0 Å². The second-order valence-corrected chi connectivity index (χ2v) is 1.19. The minimum Gasteiger partial charge on any atom is -1.00 e. The van der Waals surface area contributed by atoms with Gasteiger partial charge in [0.2, 0.25) is 0 Å². The van der Waals surface area contributed by atoms with Gasteiger partial charge >= 0.3 is 23.1 Å². The summed E-state index contributed by atoms with van der Waals surface area (Å²) in [5.41, 5.74) is 0. The summed E-state index contributed by atoms with van der Waals surface area (Å²) in [6.45, 7) is 0. The van der Waals surface area contributed by atoms with Gasteiger partial charge < -0.3 is 29.3 Å². The molecule has 0 spiro atoms. The van der Waals surface area contributed by atoms with Crippen molar-refractivity contribution in [1.82, 2.24) is 0 Å². The first kappa shape index (κ1) is 16.1. The largest absolute Gasteiger partial charge is 2.00 e. The van der Waals surface area contributed by atoms with Crippen LogP contribution in [0.15, 0.2) is 0 Å². The van der Waals surface area contributed by atoms with Crippen LogP contribution < -0.4 is 17.0 Å². The average Bonchev–Trinajstić information content (AvgIpc) is 1.69. The summed E-state index contributed by atoms with van der Waals surface area (Å²) >= 11 is 0. The molecule has 0 aromatic carbocycles. The van der Waals surface area contributed by atoms with Gasteiger partial charge in [-0.2, -0.15) is 5.26 Å². The number of rotatable bonds is 2. The normalized spacial score (nSPS) is 5.11. The molecule has 0 heterocycles. The molecule has 3 heteroatoms. The number of hydrogen-bond donors (Lipinski definition) is 0. The van der Waals surface area contributed by atoms with E-state index in [0.29, 0.717) is 12.8 Å². The van der Waals surface area contributed by atoms with Gasteiger partial charge in [-0.3, -0.25) is 0 Å². The van der Waals surface area contributed by atoms with Crippen molar-refractivity contribution in [3.8, 4) is 12.0 Å². The third kappa shape index (κ3) is 17.8. The Balaban J connectivity index is -0.000000180. The fourth-order valence-corrected chi connectivity index (χ4v) is 0.256. The summed E-state index contributed by atoms with van der Waals surface area (Å²) in [6.07, 6.45) is 8.37. The third-order valence-electron chi connectivity index (χ3n) is 0.590. The van der Waals surface area contributed by atoms with Crippen LogP contribution in [0.1, 0.15) is 19.3 Å². The molecule has 0 aliphatic heterocycles. The number of halogens is 1. The van der Waals surface area contributed by atoms with E-state index in [1.807, 2.05) is 6.07 Å². The Kier molecular flexibility index (Phi) is 28.2. The van der Waals surface area contributed by atoms with E-state index in [9.17, 15) is 0 Å². The van der Waals surface area contributed by atoms with Gasteiger partial charge in [0.05, 0.1) is 6.07 Å². The average molecular weight is 196 g/mol. The first-order valence-electron chi connectivity index (χ1n) is 2.18. The van der Waals surface area contributed by atoms with Crippen molar-refractivity contribution in [3.05, 3.63) is 6.42 Å². The maximum atomic E-state index is 7.95. The van der Waals surface area contributed by atoms with E-state index in [2.05, 4.69) is 5.92 Å². The number of hydrogen-bond acceptors (Lipinski definition) is 1. The van der Waals surface area contributed by atoms with Gasteiger partial charge in [0.15, 0.2) is 0 Å². The monoisotopic (exact) mass is 195 g/mol. The maximum Gasteiger partial charge on any atom is 2.00 e. The number of nitriles is 1. The van der Waals surface area contributed by atoms with Crippen LogP contribution in [-0.4, -0.2) is 23.1 Å². The Morgan fingerprint density at radius 1 is 1.33 bits per heavy atom. The second-order valence-electron chi connectivity index (χ2n) is 1.19. The second kappa shape index (κ2) is 15.7. The van der Waals surface area contributed by atoms with E-state index < -0.39 is 0 Å². The minimum atomic E-state index is 0. The van der Waals surface area contributed by atoms with Crippen molar-refractivity contribution in [2.45, 2.75) is 19.3 Å². The Hall–Kier alpha value is 0.296. The summed E-state index contributed by atoms with van der Waals surface area (Å²) < 4.78 is 0. The van der Waals surface area contributed by atoms with Crippen LogP contribution >= 0.6 is 0 Å². The van der Waals surface area contributed by atoms with Crippen molar-refractivity contribution in [1.29, 1.82) is 5.26 Å². The van der Waals surface area contributed by atoms with E-state index in [-0.39, 0.29) is 40.0 Å². The molecular weight excluding hydrogens is 190 g/mol. The predicted octanol–water partition coefficient (Wildman–Crippen LogP) is -2.11. The van der Waals surface area contributed by atoms with E-state index in [1.165, 1.54) is 0 Å². The molecule has 0 saturated heterocycles. The van der Waals surface area contributed by atoms with Gasteiger partial charge in [0, 0.05) is 6.42 Å². The predicted molar refractivity (Wildman–Crippen MR) is 32.3 cm³/mol. The summed E-state index contributed by atoms with van der Waals surface area (Å²) in [5, 5.41) is 7.95. The van der Waals surface area contributed by atoms with E-state index in [4.69, 9.17) is 11.7 Å². The SMILES string of the molecule is [Br-].[C-]#CCCCC#N.[Mg+2]. The topological polar surface area (TPSA) is 23.8 Å². The van der Waals surface area contributed by atoms with E-state index in [0.717, 1.165) is 6.42 Å². The van der Waals surface area contributed by atoms with E-state index in [1.54, 1.807) is 0 Å². The van der Waals surface area contributed by atoms with Crippen LogP contribution in [0, 0.1) is 23.7 Å². The molecule has 0 aromatic heterocycles. The zero-order valence-corrected chi connectivity index (χ0v) is 8.15. The van der Waals surface area contributed by atoms with Gasteiger partial charge in [-0.1, -0.05) is 0 Å². The fraction of sp³-hybridized carbons (Fsp3) is 0.500. The molecule has 0 N–H and O–H groups in total. The third-order valence-corrected chi connectivity index (χ3v) is 0.590. The zero-order valence-electron chi connectivity index (χ0n) is 5.15. The molecule has 0 amide bonds. The molecule has 0 fully saturated rings. The van der Waals surface area contributed by atoms with Crippen molar-refractivity contribution in [3.63, 3.8) is 0 Å². The maximum absolute atomic E-state index is 7.95. The van der Waals surface area contributed by atoms with Gasteiger partial charge in [-0.05, 0) is 12.8 Å². The van der Waals surface area contributed by atoms with Crippen LogP contribution in [0.4, 0.5) is 0 Å². The Morgan fingerprint density at radius 2 is 1.89 bits per heavy atom. The smallest absolute Gasteiger partial charge is 1.00 e. The zero-order chi connectivity index (χ0) is 5.54. The Bertz CT molecular complexity index is 97.2. The molecule has 0 aliphatic carbocycles. The number of nitrogens with zero attached hydrogens (tertiary/aromatic N) is 1. The molecule has 0 aliphatic rings. The van der Waals surface area contributed by atoms with Crippen LogP contribution in [0.2, 0.25) is 0 Å². The molecule has 0 atom stereocenters. The van der Waals surface area contributed by atoms with Crippen molar-refractivity contribution >= 4 is 23.1 Å². The molecular formula is C6H6BrMgN. The van der Waals surface area contributed by atoms with E-state index >= 15 is 0 Å². The van der Waals surface area contributed by atoms with Crippen LogP contribution in [0.3, 0.4) is 0 Å². The quantitative estimate of drug-likeness (QED) is 0.215. The molecule has 0 aromatic rings. The first-order valence-corrected chi connectivity index (χ1v) is 2.18. The Morgan fingerprint density at radius 3 is 2.22 bits per heavy atom.